The molecule has 1 N–H and O–H groups in total. The third-order valence-corrected chi connectivity index (χ3v) is 7.25. The van der Waals surface area contributed by atoms with Gasteiger partial charge in [0.2, 0.25) is 18.3 Å². The number of nitrogens with zero attached hydrogens (tertiary/aromatic N) is 1. The van der Waals surface area contributed by atoms with E-state index in [1.807, 2.05) is 6.92 Å². The number of hydrogen-bond acceptors (Lipinski definition) is 10. The number of aliphatic hydroxyl groups is 1. The van der Waals surface area contributed by atoms with Crippen LogP contribution in [0.3, 0.4) is 0 Å². The number of aliphatic hydroxyl groups excluding tert-OH is 1. The highest BCUT2D eigenvalue weighted by Gasteiger charge is 2.53. The van der Waals surface area contributed by atoms with E-state index in [-0.39, 0.29) is 11.7 Å². The zero-order valence-electron chi connectivity index (χ0n) is 20.1. The maximum Gasteiger partial charge on any atom is 0.303 e. The molecule has 0 radical (unpaired) electrons. The topological polar surface area (TPSA) is 140 Å². The normalized spacial score (nSPS) is 23.7. The van der Waals surface area contributed by atoms with Crippen molar-refractivity contribution in [2.75, 3.05) is 6.61 Å². The van der Waals surface area contributed by atoms with Gasteiger partial charge in [0, 0.05) is 36.6 Å². The SMILES string of the molecule is CC(=O)O[C@@H]1[C@@H](OC(C)=O)[C@H](Oc2cn(C(C)=O)c3cc(Br)c(C)c(Br)c23)O[C@H](CO)[C@H]1OC(C)=O. The van der Waals surface area contributed by atoms with Gasteiger partial charge in [0.15, 0.2) is 12.2 Å². The molecule has 196 valence electrons. The van der Waals surface area contributed by atoms with Crippen LogP contribution in [0.1, 0.15) is 38.1 Å². The van der Waals surface area contributed by atoms with E-state index in [9.17, 15) is 24.3 Å². The summed E-state index contributed by atoms with van der Waals surface area (Å²) in [6.07, 6.45) is -5.18. The lowest BCUT2D eigenvalue weighted by Crippen LogP contribution is -2.63. The standard InChI is InChI=1S/C23H25Br2NO10/c1-9-14(24)6-15-18(19(9)25)16(7-26(15)10(2)28)35-23-22(34-13(5)31)21(33-12(4)30)20(32-11(3)29)17(8-27)36-23/h6-7,17,20-23,27H,8H2,1-5H3/t17-,20-,21+,22-,23-/m1/s1. The third-order valence-electron chi connectivity index (χ3n) is 5.44. The second kappa shape index (κ2) is 11.3. The Bertz CT molecular complexity index is 1210. The molecule has 0 amide bonds. The molecule has 1 aliphatic rings. The first kappa shape index (κ1) is 28.1. The maximum absolute atomic E-state index is 12.3. The van der Waals surface area contributed by atoms with Crippen LogP contribution in [-0.4, -0.2) is 70.8 Å². The quantitative estimate of drug-likeness (QED) is 0.372. The molecule has 0 spiro atoms. The minimum Gasteiger partial charge on any atom is -0.458 e. The van der Waals surface area contributed by atoms with E-state index < -0.39 is 55.2 Å². The van der Waals surface area contributed by atoms with Crippen molar-refractivity contribution < 1.29 is 48.0 Å². The Balaban J connectivity index is 2.14. The molecule has 11 nitrogen and oxygen atoms in total. The molecule has 3 rings (SSSR count). The number of hydrogen-bond donors (Lipinski definition) is 1. The molecule has 1 fully saturated rings. The van der Waals surface area contributed by atoms with Gasteiger partial charge in [-0.3, -0.25) is 23.7 Å². The van der Waals surface area contributed by atoms with Gasteiger partial charge in [-0.1, -0.05) is 15.9 Å². The highest BCUT2D eigenvalue weighted by molar-refractivity contribution is 9.11. The van der Waals surface area contributed by atoms with Gasteiger partial charge < -0.3 is 28.8 Å². The molecule has 0 bridgehead atoms. The summed E-state index contributed by atoms with van der Waals surface area (Å²) in [7, 11) is 0. The van der Waals surface area contributed by atoms with Crippen molar-refractivity contribution in [1.29, 1.82) is 0 Å². The van der Waals surface area contributed by atoms with Gasteiger partial charge in [-0.25, -0.2) is 0 Å². The zero-order valence-corrected chi connectivity index (χ0v) is 23.2. The number of carbonyl (C=O) groups excluding carboxylic acids is 4. The van der Waals surface area contributed by atoms with Gasteiger partial charge in [0.25, 0.3) is 0 Å². The van der Waals surface area contributed by atoms with Crippen LogP contribution in [0, 0.1) is 6.92 Å². The Morgan fingerprint density at radius 3 is 2.06 bits per heavy atom. The monoisotopic (exact) mass is 633 g/mol. The minimum atomic E-state index is -1.41. The molecule has 0 aliphatic carbocycles. The average molecular weight is 635 g/mol. The molecular weight excluding hydrogens is 610 g/mol. The van der Waals surface area contributed by atoms with Crippen molar-refractivity contribution in [2.45, 2.75) is 65.3 Å². The van der Waals surface area contributed by atoms with Crippen LogP contribution in [0.5, 0.6) is 5.75 Å². The number of benzene rings is 1. The molecule has 2 aromatic rings. The third kappa shape index (κ3) is 5.74. The Kier molecular flexibility index (Phi) is 8.80. The second-order valence-corrected chi connectivity index (χ2v) is 9.79. The molecule has 1 aliphatic heterocycles. The van der Waals surface area contributed by atoms with Gasteiger partial charge in [-0.15, -0.1) is 0 Å². The van der Waals surface area contributed by atoms with Gasteiger partial charge in [-0.05, 0) is 34.5 Å². The van der Waals surface area contributed by atoms with Gasteiger partial charge in [0.05, 0.1) is 23.7 Å². The summed E-state index contributed by atoms with van der Waals surface area (Å²) >= 11 is 7.02. The molecule has 1 aromatic heterocycles. The first-order chi connectivity index (χ1) is 16.8. The van der Waals surface area contributed by atoms with Crippen molar-refractivity contribution in [3.63, 3.8) is 0 Å². The van der Waals surface area contributed by atoms with E-state index in [2.05, 4.69) is 31.9 Å². The fraction of sp³-hybridized carbons (Fsp3) is 0.478. The Morgan fingerprint density at radius 2 is 1.53 bits per heavy atom. The summed E-state index contributed by atoms with van der Waals surface area (Å²) in [6.45, 7) is 6.01. The summed E-state index contributed by atoms with van der Waals surface area (Å²) in [6, 6.07) is 1.75. The van der Waals surface area contributed by atoms with E-state index in [1.54, 1.807) is 6.07 Å². The summed E-state index contributed by atoms with van der Waals surface area (Å²) in [4.78, 5) is 47.9. The fourth-order valence-corrected chi connectivity index (χ4v) is 5.25. The second-order valence-electron chi connectivity index (χ2n) is 8.14. The van der Waals surface area contributed by atoms with E-state index >= 15 is 0 Å². The lowest BCUT2D eigenvalue weighted by atomic mass is 9.98. The van der Waals surface area contributed by atoms with Crippen LogP contribution in [-0.2, 0) is 33.3 Å². The number of aromatic nitrogens is 1. The number of ether oxygens (including phenoxy) is 5. The van der Waals surface area contributed by atoms with Crippen LogP contribution >= 0.6 is 31.9 Å². The van der Waals surface area contributed by atoms with Crippen molar-refractivity contribution in [3.8, 4) is 5.75 Å². The van der Waals surface area contributed by atoms with E-state index in [1.165, 1.54) is 17.7 Å². The lowest BCUT2D eigenvalue weighted by molar-refractivity contribution is -0.287. The van der Waals surface area contributed by atoms with Gasteiger partial charge in [-0.2, -0.15) is 0 Å². The van der Waals surface area contributed by atoms with Crippen LogP contribution in [0.2, 0.25) is 0 Å². The molecule has 1 saturated heterocycles. The molecule has 13 heteroatoms. The van der Waals surface area contributed by atoms with E-state index in [0.29, 0.717) is 15.4 Å². The lowest BCUT2D eigenvalue weighted by Gasteiger charge is -2.43. The molecule has 2 heterocycles. The Labute approximate surface area is 223 Å². The highest BCUT2D eigenvalue weighted by Crippen LogP contribution is 2.41. The van der Waals surface area contributed by atoms with Crippen molar-refractivity contribution in [1.82, 2.24) is 4.57 Å². The first-order valence-electron chi connectivity index (χ1n) is 10.8. The largest absolute Gasteiger partial charge is 0.458 e. The first-order valence-corrected chi connectivity index (χ1v) is 12.4. The van der Waals surface area contributed by atoms with Crippen molar-refractivity contribution in [2.24, 2.45) is 0 Å². The number of fused-ring (bicyclic) bond motifs is 1. The van der Waals surface area contributed by atoms with Crippen LogP contribution < -0.4 is 4.74 Å². The molecule has 0 saturated carbocycles. The molecule has 5 atom stereocenters. The average Bonchev–Trinajstić information content (AvgIpc) is 3.13. The Morgan fingerprint density at radius 1 is 0.972 bits per heavy atom. The number of rotatable bonds is 6. The minimum absolute atomic E-state index is 0.189. The number of esters is 3. The summed E-state index contributed by atoms with van der Waals surface area (Å²) in [5.41, 5.74) is 1.35. The van der Waals surface area contributed by atoms with Crippen molar-refractivity contribution in [3.05, 3.63) is 26.8 Å². The fourth-order valence-electron chi connectivity index (χ4n) is 3.95. The molecular formula is C23H25Br2NO10. The van der Waals surface area contributed by atoms with Gasteiger partial charge >= 0.3 is 17.9 Å². The maximum atomic E-state index is 12.3. The summed E-state index contributed by atoms with van der Waals surface area (Å²) in [5, 5.41) is 10.5. The number of halogens is 2. The smallest absolute Gasteiger partial charge is 0.303 e. The predicted molar refractivity (Wildman–Crippen MR) is 131 cm³/mol. The predicted octanol–water partition coefficient (Wildman–Crippen LogP) is 3.03. The molecule has 1 aromatic carbocycles. The summed E-state index contributed by atoms with van der Waals surface area (Å²) < 4.78 is 30.8. The van der Waals surface area contributed by atoms with E-state index in [4.69, 9.17) is 23.7 Å². The van der Waals surface area contributed by atoms with Crippen LogP contribution in [0.15, 0.2) is 21.2 Å². The summed E-state index contributed by atoms with van der Waals surface area (Å²) in [5.74, 6) is -2.32. The highest BCUT2D eigenvalue weighted by atomic mass is 79.9. The molecule has 0 unspecified atom stereocenters. The molecule has 36 heavy (non-hydrogen) atoms. The zero-order chi connectivity index (χ0) is 26.9. The van der Waals surface area contributed by atoms with Crippen LogP contribution in [0.4, 0.5) is 0 Å². The van der Waals surface area contributed by atoms with Gasteiger partial charge in [0.1, 0.15) is 11.9 Å². The van der Waals surface area contributed by atoms with Crippen LogP contribution in [0.25, 0.3) is 10.9 Å². The Hall–Kier alpha value is -2.48. The number of carbonyl (C=O) groups is 4. The van der Waals surface area contributed by atoms with Crippen molar-refractivity contribution >= 4 is 66.6 Å². The van der Waals surface area contributed by atoms with E-state index in [0.717, 1.165) is 30.8 Å².